The third-order valence-electron chi connectivity index (χ3n) is 5.75. The zero-order chi connectivity index (χ0) is 20.2. The lowest BCUT2D eigenvalue weighted by Gasteiger charge is -2.39. The Morgan fingerprint density at radius 2 is 2.00 bits per heavy atom. The van der Waals surface area contributed by atoms with E-state index in [1.165, 1.54) is 16.7 Å². The van der Waals surface area contributed by atoms with Gasteiger partial charge in [-0.15, -0.1) is 0 Å². The van der Waals surface area contributed by atoms with Crippen LogP contribution in [0, 0.1) is 5.92 Å². The van der Waals surface area contributed by atoms with Gasteiger partial charge < -0.3 is 10.2 Å². The summed E-state index contributed by atoms with van der Waals surface area (Å²) in [6.07, 6.45) is 7.10. The maximum Gasteiger partial charge on any atom is 0.321 e. The van der Waals surface area contributed by atoms with Crippen molar-refractivity contribution in [2.75, 3.05) is 38.0 Å². The number of hydrogen-bond donors (Lipinski definition) is 1. The minimum absolute atomic E-state index is 0.0286. The number of amides is 2. The van der Waals surface area contributed by atoms with Crippen molar-refractivity contribution >= 4 is 17.3 Å². The van der Waals surface area contributed by atoms with Gasteiger partial charge in [0.25, 0.3) is 0 Å². The molecule has 4 rings (SSSR count). The Labute approximate surface area is 173 Å². The number of pyridine rings is 1. The monoisotopic (exact) mass is 390 g/mol. The first kappa shape index (κ1) is 19.6. The highest BCUT2D eigenvalue weighted by molar-refractivity contribution is 5.90. The number of aromatic nitrogens is 1. The van der Waals surface area contributed by atoms with Gasteiger partial charge in [0.15, 0.2) is 0 Å². The fraction of sp³-hybridized carbons (Fsp3) is 0.417. The van der Waals surface area contributed by atoms with Gasteiger partial charge in [-0.3, -0.25) is 9.88 Å². The van der Waals surface area contributed by atoms with E-state index in [9.17, 15) is 4.79 Å². The zero-order valence-electron chi connectivity index (χ0n) is 17.3. The van der Waals surface area contributed by atoms with Crippen molar-refractivity contribution < 1.29 is 4.79 Å². The second-order valence-electron chi connectivity index (χ2n) is 8.53. The lowest BCUT2D eigenvalue weighted by molar-refractivity contribution is 0.164. The maximum atomic E-state index is 12.5. The van der Waals surface area contributed by atoms with Crippen molar-refractivity contribution in [3.05, 3.63) is 66.0 Å². The summed E-state index contributed by atoms with van der Waals surface area (Å²) in [5, 5.41) is 3.02. The summed E-state index contributed by atoms with van der Waals surface area (Å²) in [7, 11) is 0. The lowest BCUT2D eigenvalue weighted by Crippen LogP contribution is -2.50. The van der Waals surface area contributed by atoms with Crippen LogP contribution in [0.25, 0.3) is 5.57 Å². The summed E-state index contributed by atoms with van der Waals surface area (Å²) in [4.78, 5) is 21.0. The van der Waals surface area contributed by atoms with Gasteiger partial charge in [-0.25, -0.2) is 4.79 Å². The Morgan fingerprint density at radius 3 is 2.62 bits per heavy atom. The van der Waals surface area contributed by atoms with Crippen molar-refractivity contribution in [3.63, 3.8) is 0 Å². The number of anilines is 1. The number of likely N-dealkylation sites (tertiary alicyclic amines) is 1. The van der Waals surface area contributed by atoms with Gasteiger partial charge in [-0.2, -0.15) is 0 Å². The molecule has 2 amide bonds. The lowest BCUT2D eigenvalue weighted by atomic mass is 9.93. The second-order valence-corrected chi connectivity index (χ2v) is 8.53. The van der Waals surface area contributed by atoms with Crippen LogP contribution in [-0.2, 0) is 0 Å². The van der Waals surface area contributed by atoms with Crippen LogP contribution in [0.4, 0.5) is 10.5 Å². The quantitative estimate of drug-likeness (QED) is 0.820. The number of urea groups is 1. The fourth-order valence-corrected chi connectivity index (χ4v) is 4.10. The number of nitrogens with one attached hydrogen (secondary N) is 1. The van der Waals surface area contributed by atoms with Gasteiger partial charge in [0.05, 0.1) is 0 Å². The molecule has 152 valence electrons. The van der Waals surface area contributed by atoms with E-state index in [0.29, 0.717) is 11.8 Å². The topological polar surface area (TPSA) is 48.5 Å². The van der Waals surface area contributed by atoms with Crippen LogP contribution in [0.5, 0.6) is 0 Å². The highest BCUT2D eigenvalue weighted by Gasteiger charge is 2.31. The normalized spacial score (nSPS) is 17.8. The van der Waals surface area contributed by atoms with Crippen molar-refractivity contribution in [1.29, 1.82) is 0 Å². The van der Waals surface area contributed by atoms with E-state index >= 15 is 0 Å². The summed E-state index contributed by atoms with van der Waals surface area (Å²) in [6.45, 7) is 9.34. The maximum absolute atomic E-state index is 12.5. The summed E-state index contributed by atoms with van der Waals surface area (Å²) < 4.78 is 0. The Hall–Kier alpha value is -2.66. The highest BCUT2D eigenvalue weighted by Crippen LogP contribution is 2.28. The van der Waals surface area contributed by atoms with Crippen LogP contribution < -0.4 is 5.32 Å². The van der Waals surface area contributed by atoms with Gasteiger partial charge in [0, 0.05) is 56.7 Å². The molecule has 1 aromatic carbocycles. The summed E-state index contributed by atoms with van der Waals surface area (Å²) in [5.41, 5.74) is 4.72. The van der Waals surface area contributed by atoms with E-state index in [-0.39, 0.29) is 6.03 Å². The van der Waals surface area contributed by atoms with Crippen LogP contribution in [-0.4, -0.2) is 53.5 Å². The number of hydrogen-bond acceptors (Lipinski definition) is 3. The minimum atomic E-state index is -0.0286. The first-order valence-corrected chi connectivity index (χ1v) is 10.6. The van der Waals surface area contributed by atoms with Crippen LogP contribution >= 0.6 is 0 Å². The van der Waals surface area contributed by atoms with E-state index in [1.54, 1.807) is 6.20 Å². The van der Waals surface area contributed by atoms with Gasteiger partial charge in [0.2, 0.25) is 0 Å². The fourth-order valence-electron chi connectivity index (χ4n) is 4.10. The Bertz CT molecular complexity index is 854. The molecule has 0 saturated carbocycles. The molecule has 5 nitrogen and oxygen atoms in total. The molecule has 29 heavy (non-hydrogen) atoms. The molecule has 1 aromatic heterocycles. The molecular formula is C24H30N4O. The van der Waals surface area contributed by atoms with Crippen LogP contribution in [0.1, 0.15) is 37.3 Å². The van der Waals surface area contributed by atoms with E-state index in [4.69, 9.17) is 0 Å². The van der Waals surface area contributed by atoms with Gasteiger partial charge in [-0.1, -0.05) is 38.1 Å². The molecule has 0 unspecified atom stereocenters. The summed E-state index contributed by atoms with van der Waals surface area (Å²) >= 11 is 0. The SMILES string of the molecule is CC(C)CN1CC=C(c2ccc(NC(=O)N3CC(c4cccnc4)C3)cc2)CC1. The molecule has 1 N–H and O–H groups in total. The van der Waals surface area contributed by atoms with Crippen LogP contribution in [0.15, 0.2) is 54.9 Å². The predicted octanol–water partition coefficient (Wildman–Crippen LogP) is 4.46. The van der Waals surface area contributed by atoms with Crippen LogP contribution in [0.2, 0.25) is 0 Å². The summed E-state index contributed by atoms with van der Waals surface area (Å²) in [5.74, 6) is 1.10. The van der Waals surface area contributed by atoms with Gasteiger partial charge in [0.1, 0.15) is 0 Å². The average Bonchev–Trinajstić information content (AvgIpc) is 2.68. The Morgan fingerprint density at radius 1 is 1.21 bits per heavy atom. The minimum Gasteiger partial charge on any atom is -0.323 e. The predicted molar refractivity (Wildman–Crippen MR) is 118 cm³/mol. The van der Waals surface area contributed by atoms with E-state index < -0.39 is 0 Å². The standard InChI is InChI=1S/C24H30N4O/c1-18(2)15-27-12-9-20(10-13-27)19-5-7-23(8-6-19)26-24(29)28-16-22(17-28)21-4-3-11-25-14-21/h3-9,11,14,18,22H,10,12-13,15-17H2,1-2H3,(H,26,29). The van der Waals surface area contributed by atoms with E-state index in [2.05, 4.69) is 53.3 Å². The first-order chi connectivity index (χ1) is 14.1. The number of carbonyl (C=O) groups excluding carboxylic acids is 1. The van der Waals surface area contributed by atoms with Crippen molar-refractivity contribution in [2.45, 2.75) is 26.2 Å². The molecule has 5 heteroatoms. The molecule has 0 spiro atoms. The van der Waals surface area contributed by atoms with Crippen LogP contribution in [0.3, 0.4) is 0 Å². The van der Waals surface area contributed by atoms with Crippen molar-refractivity contribution in [2.24, 2.45) is 5.92 Å². The first-order valence-electron chi connectivity index (χ1n) is 10.6. The molecule has 2 aliphatic rings. The second kappa shape index (κ2) is 8.78. The summed E-state index contributed by atoms with van der Waals surface area (Å²) in [6, 6.07) is 12.2. The highest BCUT2D eigenvalue weighted by atomic mass is 16.2. The molecule has 2 aliphatic heterocycles. The molecule has 3 heterocycles. The average molecular weight is 391 g/mol. The molecule has 2 aromatic rings. The van der Waals surface area contributed by atoms with Crippen molar-refractivity contribution in [1.82, 2.24) is 14.8 Å². The number of carbonyl (C=O) groups is 1. The smallest absolute Gasteiger partial charge is 0.321 e. The molecule has 1 fully saturated rings. The van der Waals surface area contributed by atoms with Gasteiger partial charge in [-0.05, 0) is 47.2 Å². The number of nitrogens with zero attached hydrogens (tertiary/aromatic N) is 3. The van der Waals surface area contributed by atoms with Crippen molar-refractivity contribution in [3.8, 4) is 0 Å². The van der Waals surface area contributed by atoms with E-state index in [1.807, 2.05) is 29.3 Å². The molecule has 0 aliphatic carbocycles. The molecular weight excluding hydrogens is 360 g/mol. The molecule has 0 bridgehead atoms. The zero-order valence-corrected chi connectivity index (χ0v) is 17.3. The molecule has 1 saturated heterocycles. The molecule has 0 radical (unpaired) electrons. The third-order valence-corrected chi connectivity index (χ3v) is 5.75. The van der Waals surface area contributed by atoms with Gasteiger partial charge >= 0.3 is 6.03 Å². The number of benzene rings is 1. The third kappa shape index (κ3) is 4.85. The Balaban J connectivity index is 1.28. The molecule has 0 atom stereocenters. The Kier molecular flexibility index (Phi) is 5.95. The van der Waals surface area contributed by atoms with E-state index in [0.717, 1.165) is 44.8 Å². The number of rotatable bonds is 5. The largest absolute Gasteiger partial charge is 0.323 e.